The van der Waals surface area contributed by atoms with E-state index < -0.39 is 16.7 Å². The van der Waals surface area contributed by atoms with Gasteiger partial charge in [0.15, 0.2) is 5.76 Å². The van der Waals surface area contributed by atoms with Crippen LogP contribution in [0.25, 0.3) is 0 Å². The van der Waals surface area contributed by atoms with Crippen LogP contribution in [0.2, 0.25) is 0 Å². The summed E-state index contributed by atoms with van der Waals surface area (Å²) in [4.78, 5) is 35.7. The predicted octanol–water partition coefficient (Wildman–Crippen LogP) is 1.71. The molecule has 0 aliphatic carbocycles. The fraction of sp³-hybridized carbons (Fsp3) is 0.211. The minimum atomic E-state index is -0.590. The normalized spacial score (nSPS) is 10.9. The molecule has 0 aromatic carbocycles. The minimum Gasteiger partial charge on any atom is -0.454 e. The molecular formula is C19H19N9O5. The summed E-state index contributed by atoms with van der Waals surface area (Å²) in [5.74, 6) is -0.701. The fourth-order valence-corrected chi connectivity index (χ4v) is 3.06. The predicted molar refractivity (Wildman–Crippen MR) is 114 cm³/mol. The van der Waals surface area contributed by atoms with Gasteiger partial charge >= 0.3 is 5.69 Å². The molecule has 4 aromatic heterocycles. The van der Waals surface area contributed by atoms with Gasteiger partial charge in [0.05, 0.1) is 40.9 Å². The highest BCUT2D eigenvalue weighted by Gasteiger charge is 2.22. The van der Waals surface area contributed by atoms with E-state index in [0.717, 1.165) is 11.9 Å². The van der Waals surface area contributed by atoms with Crippen molar-refractivity contribution in [1.29, 1.82) is 0 Å². The van der Waals surface area contributed by atoms with Crippen molar-refractivity contribution < 1.29 is 18.9 Å². The maximum atomic E-state index is 12.8. The Kier molecular flexibility index (Phi) is 5.47. The van der Waals surface area contributed by atoms with Crippen LogP contribution in [-0.4, -0.2) is 46.1 Å². The van der Waals surface area contributed by atoms with Gasteiger partial charge < -0.3 is 15.1 Å². The van der Waals surface area contributed by atoms with Crippen molar-refractivity contribution in [3.05, 3.63) is 69.9 Å². The Hall–Kier alpha value is -4.75. The number of aromatic nitrogens is 6. The number of nitrogens with zero attached hydrogens (tertiary/aromatic N) is 7. The molecule has 2 amide bonds. The zero-order valence-electron chi connectivity index (χ0n) is 17.8. The number of anilines is 2. The topological polar surface area (TPSA) is 168 Å². The number of carbonyl (C=O) groups is 2. The Balaban J connectivity index is 1.46. The lowest BCUT2D eigenvalue weighted by Gasteiger charge is -2.08. The first-order valence-electron chi connectivity index (χ1n) is 9.61. The number of furan rings is 1. The molecule has 0 spiro atoms. The molecule has 0 unspecified atom stereocenters. The summed E-state index contributed by atoms with van der Waals surface area (Å²) >= 11 is 0. The monoisotopic (exact) mass is 453 g/mol. The Morgan fingerprint density at radius 2 is 1.73 bits per heavy atom. The van der Waals surface area contributed by atoms with Crippen molar-refractivity contribution >= 4 is 28.9 Å². The van der Waals surface area contributed by atoms with Gasteiger partial charge in [-0.1, -0.05) is 0 Å². The quantitative estimate of drug-likeness (QED) is 0.315. The molecule has 2 N–H and O–H groups in total. The van der Waals surface area contributed by atoms with Crippen LogP contribution in [0.3, 0.4) is 0 Å². The molecule has 0 aliphatic rings. The van der Waals surface area contributed by atoms with Crippen molar-refractivity contribution in [3.8, 4) is 0 Å². The second-order valence-electron chi connectivity index (χ2n) is 7.13. The highest BCUT2D eigenvalue weighted by atomic mass is 16.6. The molecule has 0 radical (unpaired) electrons. The van der Waals surface area contributed by atoms with E-state index in [1.807, 2.05) is 6.92 Å². The van der Waals surface area contributed by atoms with Crippen LogP contribution in [0, 0.1) is 17.0 Å². The molecule has 0 atom stereocenters. The fourth-order valence-electron chi connectivity index (χ4n) is 3.06. The van der Waals surface area contributed by atoms with Gasteiger partial charge in [-0.25, -0.2) is 0 Å². The van der Waals surface area contributed by atoms with Crippen LogP contribution in [0.15, 0.2) is 41.3 Å². The average molecular weight is 453 g/mol. The van der Waals surface area contributed by atoms with Crippen molar-refractivity contribution in [2.45, 2.75) is 13.5 Å². The summed E-state index contributed by atoms with van der Waals surface area (Å²) in [7, 11) is 3.33. The number of nitro groups is 1. The molecule has 0 fully saturated rings. The maximum Gasteiger partial charge on any atom is 0.307 e. The second kappa shape index (κ2) is 8.41. The molecule has 33 heavy (non-hydrogen) atoms. The van der Waals surface area contributed by atoms with E-state index in [4.69, 9.17) is 4.42 Å². The number of rotatable bonds is 7. The lowest BCUT2D eigenvalue weighted by molar-refractivity contribution is -0.385. The molecule has 4 heterocycles. The summed E-state index contributed by atoms with van der Waals surface area (Å²) < 4.78 is 9.82. The van der Waals surface area contributed by atoms with E-state index in [9.17, 15) is 19.7 Å². The Labute approximate surface area is 185 Å². The second-order valence-corrected chi connectivity index (χ2v) is 7.13. The highest BCUT2D eigenvalue weighted by Crippen LogP contribution is 2.20. The van der Waals surface area contributed by atoms with Gasteiger partial charge in [0, 0.05) is 14.1 Å². The molecule has 4 aromatic rings. The number of carbonyl (C=O) groups excluding carboxylic acids is 2. The standard InChI is InChI=1S/C19H19N9O5/c1-11-14(7-20-25(11)2)23-19(30)17-15(8-21-26(17)3)24-18(29)16-5-4-13(33-16)10-27-9-12(6-22-27)28(31)32/h4-9H,10H2,1-3H3,(H,23,30)(H,24,29). The van der Waals surface area contributed by atoms with Crippen molar-refractivity contribution in [1.82, 2.24) is 29.3 Å². The Morgan fingerprint density at radius 1 is 1.03 bits per heavy atom. The van der Waals surface area contributed by atoms with Gasteiger partial charge in [-0.2, -0.15) is 15.3 Å². The van der Waals surface area contributed by atoms with Crippen LogP contribution >= 0.6 is 0 Å². The number of hydrogen-bond acceptors (Lipinski definition) is 8. The van der Waals surface area contributed by atoms with Gasteiger partial charge in [-0.15, -0.1) is 0 Å². The summed E-state index contributed by atoms with van der Waals surface area (Å²) in [6.45, 7) is 1.91. The molecule has 170 valence electrons. The Bertz CT molecular complexity index is 1360. The zero-order chi connectivity index (χ0) is 23.7. The highest BCUT2D eigenvalue weighted by molar-refractivity contribution is 6.11. The number of amides is 2. The molecule has 0 aliphatic heterocycles. The number of nitrogens with one attached hydrogen (secondary N) is 2. The summed E-state index contributed by atoms with van der Waals surface area (Å²) in [6, 6.07) is 3.02. The van der Waals surface area contributed by atoms with Gasteiger partial charge in [0.2, 0.25) is 0 Å². The molecule has 14 heteroatoms. The lowest BCUT2D eigenvalue weighted by atomic mass is 10.3. The molecule has 4 rings (SSSR count). The van der Waals surface area contributed by atoms with Gasteiger partial charge in [0.1, 0.15) is 23.8 Å². The van der Waals surface area contributed by atoms with Crippen LogP contribution in [0.5, 0.6) is 0 Å². The third-order valence-electron chi connectivity index (χ3n) is 4.92. The van der Waals surface area contributed by atoms with Gasteiger partial charge in [-0.05, 0) is 19.1 Å². The summed E-state index contributed by atoms with van der Waals surface area (Å²) in [5, 5.41) is 28.2. The summed E-state index contributed by atoms with van der Waals surface area (Å²) in [5.41, 5.74) is 1.49. The maximum absolute atomic E-state index is 12.8. The third kappa shape index (κ3) is 4.34. The van der Waals surface area contributed by atoms with E-state index in [1.165, 1.54) is 34.0 Å². The molecular weight excluding hydrogens is 434 g/mol. The van der Waals surface area contributed by atoms with Crippen LogP contribution < -0.4 is 10.6 Å². The van der Waals surface area contributed by atoms with Crippen LogP contribution in [-0.2, 0) is 20.6 Å². The van der Waals surface area contributed by atoms with Gasteiger partial charge in [-0.3, -0.25) is 33.7 Å². The van der Waals surface area contributed by atoms with E-state index in [2.05, 4.69) is 25.9 Å². The van der Waals surface area contributed by atoms with E-state index in [0.29, 0.717) is 11.4 Å². The molecule has 14 nitrogen and oxygen atoms in total. The summed E-state index contributed by atoms with van der Waals surface area (Å²) in [6.07, 6.45) is 5.27. The van der Waals surface area contributed by atoms with Crippen LogP contribution in [0.1, 0.15) is 32.5 Å². The number of aryl methyl sites for hydroxylation is 2. The minimum absolute atomic E-state index is 0.00929. The van der Waals surface area contributed by atoms with Crippen LogP contribution in [0.4, 0.5) is 17.1 Å². The average Bonchev–Trinajstić information content (AvgIpc) is 3.55. The van der Waals surface area contributed by atoms with Crippen molar-refractivity contribution in [2.24, 2.45) is 14.1 Å². The molecule has 0 bridgehead atoms. The first-order chi connectivity index (χ1) is 15.7. The number of hydrogen-bond donors (Lipinski definition) is 2. The zero-order valence-corrected chi connectivity index (χ0v) is 17.8. The lowest BCUT2D eigenvalue weighted by Crippen LogP contribution is -2.20. The largest absolute Gasteiger partial charge is 0.454 e. The first kappa shape index (κ1) is 21.5. The molecule has 0 saturated heterocycles. The van der Waals surface area contributed by atoms with Crippen molar-refractivity contribution in [2.75, 3.05) is 10.6 Å². The Morgan fingerprint density at radius 3 is 2.39 bits per heavy atom. The van der Waals surface area contributed by atoms with E-state index >= 15 is 0 Å². The van der Waals surface area contributed by atoms with E-state index in [1.54, 1.807) is 24.8 Å². The SMILES string of the molecule is Cc1c(NC(=O)c2c(NC(=O)c3ccc(Cn4cc([N+](=O)[O-])cn4)o3)cnn2C)cnn1C. The first-order valence-corrected chi connectivity index (χ1v) is 9.61. The third-order valence-corrected chi connectivity index (χ3v) is 4.92. The van der Waals surface area contributed by atoms with Crippen molar-refractivity contribution in [3.63, 3.8) is 0 Å². The van der Waals surface area contributed by atoms with E-state index in [-0.39, 0.29) is 29.4 Å². The molecule has 0 saturated carbocycles. The van der Waals surface area contributed by atoms with Gasteiger partial charge in [0.25, 0.3) is 11.8 Å². The smallest absolute Gasteiger partial charge is 0.307 e.